The Morgan fingerprint density at radius 1 is 1.15 bits per heavy atom. The van der Waals surface area contributed by atoms with Crippen LogP contribution in [0.4, 0.5) is 0 Å². The summed E-state index contributed by atoms with van der Waals surface area (Å²) in [6.07, 6.45) is 4.05. The number of methoxy groups -OCH3 is 2. The van der Waals surface area contributed by atoms with E-state index in [9.17, 15) is 9.59 Å². The molecule has 2 atom stereocenters. The summed E-state index contributed by atoms with van der Waals surface area (Å²) in [5, 5.41) is 0. The molecule has 0 aromatic heterocycles. The van der Waals surface area contributed by atoms with Gasteiger partial charge in [-0.05, 0) is 44.0 Å². The van der Waals surface area contributed by atoms with Gasteiger partial charge in [-0.15, -0.1) is 0 Å². The van der Waals surface area contributed by atoms with E-state index < -0.39 is 0 Å². The maximum absolute atomic E-state index is 12.7. The van der Waals surface area contributed by atoms with Gasteiger partial charge in [-0.2, -0.15) is 0 Å². The Morgan fingerprint density at radius 2 is 1.85 bits per heavy atom. The third-order valence-electron chi connectivity index (χ3n) is 4.39. The highest BCUT2D eigenvalue weighted by Gasteiger charge is 2.23. The molecule has 0 fully saturated rings. The van der Waals surface area contributed by atoms with Crippen LogP contribution in [0.1, 0.15) is 39.7 Å². The fourth-order valence-electron chi connectivity index (χ4n) is 2.60. The molecule has 6 heteroatoms. The number of benzene rings is 1. The molecule has 1 aromatic carbocycles. The van der Waals surface area contributed by atoms with Crippen LogP contribution in [-0.4, -0.2) is 50.2 Å². The molecule has 0 saturated heterocycles. The number of carbonyl (C=O) groups excluding carboxylic acids is 2. The highest BCUT2D eigenvalue weighted by molar-refractivity contribution is 5.92. The Kier molecular flexibility index (Phi) is 9.40. The second kappa shape index (κ2) is 11.3. The quantitative estimate of drug-likeness (QED) is 0.461. The van der Waals surface area contributed by atoms with Gasteiger partial charge in [-0.1, -0.05) is 19.9 Å². The van der Waals surface area contributed by atoms with Crippen molar-refractivity contribution in [1.82, 2.24) is 4.90 Å². The van der Waals surface area contributed by atoms with Crippen molar-refractivity contribution in [1.29, 1.82) is 0 Å². The van der Waals surface area contributed by atoms with Gasteiger partial charge in [0, 0.05) is 18.7 Å². The Balaban J connectivity index is 2.95. The highest BCUT2D eigenvalue weighted by atomic mass is 16.5. The molecule has 0 aliphatic rings. The Morgan fingerprint density at radius 3 is 2.41 bits per heavy atom. The van der Waals surface area contributed by atoms with Crippen molar-refractivity contribution in [2.45, 2.75) is 40.2 Å². The lowest BCUT2D eigenvalue weighted by Gasteiger charge is -2.29. The lowest BCUT2D eigenvalue weighted by atomic mass is 10.1. The molecule has 27 heavy (non-hydrogen) atoms. The summed E-state index contributed by atoms with van der Waals surface area (Å²) in [5.41, 5.74) is 0.828. The Hall–Kier alpha value is -2.50. The minimum Gasteiger partial charge on any atom is -0.493 e. The minimum atomic E-state index is -0.382. The van der Waals surface area contributed by atoms with E-state index in [1.807, 2.05) is 39.0 Å². The topological polar surface area (TPSA) is 65.1 Å². The third-order valence-corrected chi connectivity index (χ3v) is 4.39. The summed E-state index contributed by atoms with van der Waals surface area (Å²) in [6.45, 7) is 8.51. The molecule has 0 aliphatic carbocycles. The summed E-state index contributed by atoms with van der Waals surface area (Å²) >= 11 is 0. The number of nitrogens with zero attached hydrogens (tertiary/aromatic N) is 1. The Labute approximate surface area is 162 Å². The Bertz CT molecular complexity index is 656. The predicted molar refractivity (Wildman–Crippen MR) is 106 cm³/mol. The molecule has 0 radical (unpaired) electrons. The smallest absolute Gasteiger partial charge is 0.310 e. The van der Waals surface area contributed by atoms with Crippen LogP contribution in [0.25, 0.3) is 6.08 Å². The number of carbonyl (C=O) groups is 2. The molecule has 0 N–H and O–H groups in total. The standard InChI is InChI=1S/C21H31NO5/c1-7-16(4)22(14-15(3)21(24)26-6)20(23)12-10-17-9-11-18(27-8-2)19(13-17)25-5/h9-13,15-16H,7-8,14H2,1-6H3/b12-10+. The number of amides is 1. The molecular weight excluding hydrogens is 346 g/mol. The van der Waals surface area contributed by atoms with Gasteiger partial charge in [-0.25, -0.2) is 0 Å². The fraction of sp³-hybridized carbons (Fsp3) is 0.524. The summed E-state index contributed by atoms with van der Waals surface area (Å²) in [4.78, 5) is 26.1. The SMILES string of the molecule is CCOc1ccc(/C=C/C(=O)N(CC(C)C(=O)OC)C(C)CC)cc1OC. The zero-order valence-electron chi connectivity index (χ0n) is 17.2. The molecule has 0 heterocycles. The average molecular weight is 377 g/mol. The molecule has 1 aromatic rings. The molecule has 0 bridgehead atoms. The van der Waals surface area contributed by atoms with E-state index in [0.29, 0.717) is 24.7 Å². The van der Waals surface area contributed by atoms with Crippen LogP contribution < -0.4 is 9.47 Å². The van der Waals surface area contributed by atoms with Crippen LogP contribution >= 0.6 is 0 Å². The number of rotatable bonds is 10. The molecule has 6 nitrogen and oxygen atoms in total. The second-order valence-corrected chi connectivity index (χ2v) is 6.35. The minimum absolute atomic E-state index is 0.0177. The van der Waals surface area contributed by atoms with Crippen LogP contribution in [0.5, 0.6) is 11.5 Å². The van der Waals surface area contributed by atoms with E-state index >= 15 is 0 Å². The van der Waals surface area contributed by atoms with Crippen molar-refractivity contribution in [2.24, 2.45) is 5.92 Å². The molecule has 0 spiro atoms. The van der Waals surface area contributed by atoms with Gasteiger partial charge in [0.15, 0.2) is 11.5 Å². The molecule has 2 unspecified atom stereocenters. The first-order valence-corrected chi connectivity index (χ1v) is 9.25. The summed E-state index contributed by atoms with van der Waals surface area (Å²) in [5.74, 6) is 0.428. The van der Waals surface area contributed by atoms with Crippen molar-refractivity contribution in [2.75, 3.05) is 27.4 Å². The van der Waals surface area contributed by atoms with Crippen molar-refractivity contribution in [3.63, 3.8) is 0 Å². The highest BCUT2D eigenvalue weighted by Crippen LogP contribution is 2.28. The lowest BCUT2D eigenvalue weighted by Crippen LogP contribution is -2.42. The van der Waals surface area contributed by atoms with Crippen molar-refractivity contribution >= 4 is 18.0 Å². The van der Waals surface area contributed by atoms with Crippen LogP contribution in [0.2, 0.25) is 0 Å². The van der Waals surface area contributed by atoms with Gasteiger partial charge < -0.3 is 19.1 Å². The summed E-state index contributed by atoms with van der Waals surface area (Å²) in [7, 11) is 2.93. The van der Waals surface area contributed by atoms with E-state index in [1.54, 1.807) is 25.0 Å². The van der Waals surface area contributed by atoms with Crippen LogP contribution in [0.15, 0.2) is 24.3 Å². The van der Waals surface area contributed by atoms with Crippen molar-refractivity contribution < 1.29 is 23.8 Å². The second-order valence-electron chi connectivity index (χ2n) is 6.35. The lowest BCUT2D eigenvalue weighted by molar-refractivity contribution is -0.146. The fourth-order valence-corrected chi connectivity index (χ4v) is 2.60. The first-order chi connectivity index (χ1) is 12.9. The number of esters is 1. The maximum atomic E-state index is 12.7. The van der Waals surface area contributed by atoms with Crippen LogP contribution in [-0.2, 0) is 14.3 Å². The van der Waals surface area contributed by atoms with E-state index in [0.717, 1.165) is 12.0 Å². The van der Waals surface area contributed by atoms with Crippen LogP contribution in [0.3, 0.4) is 0 Å². The van der Waals surface area contributed by atoms with E-state index in [1.165, 1.54) is 13.2 Å². The largest absolute Gasteiger partial charge is 0.493 e. The third kappa shape index (κ3) is 6.62. The number of ether oxygens (including phenoxy) is 3. The zero-order valence-corrected chi connectivity index (χ0v) is 17.2. The molecular formula is C21H31NO5. The van der Waals surface area contributed by atoms with Gasteiger partial charge >= 0.3 is 5.97 Å². The van der Waals surface area contributed by atoms with Gasteiger partial charge in [0.05, 0.1) is 26.7 Å². The van der Waals surface area contributed by atoms with Gasteiger partial charge in [0.25, 0.3) is 0 Å². The number of hydrogen-bond donors (Lipinski definition) is 0. The predicted octanol–water partition coefficient (Wildman–Crippen LogP) is 3.54. The average Bonchev–Trinajstić information content (AvgIpc) is 2.69. The molecule has 0 saturated carbocycles. The van der Waals surface area contributed by atoms with E-state index in [-0.39, 0.29) is 23.8 Å². The number of hydrogen-bond acceptors (Lipinski definition) is 5. The zero-order chi connectivity index (χ0) is 20.4. The molecule has 1 amide bonds. The van der Waals surface area contributed by atoms with Gasteiger partial charge in [0.2, 0.25) is 5.91 Å². The van der Waals surface area contributed by atoms with Crippen LogP contribution in [0, 0.1) is 5.92 Å². The molecule has 150 valence electrons. The van der Waals surface area contributed by atoms with Gasteiger partial charge in [0.1, 0.15) is 0 Å². The molecule has 1 rings (SSSR count). The van der Waals surface area contributed by atoms with E-state index in [4.69, 9.17) is 14.2 Å². The first kappa shape index (κ1) is 22.5. The molecule has 0 aliphatic heterocycles. The van der Waals surface area contributed by atoms with E-state index in [2.05, 4.69) is 0 Å². The van der Waals surface area contributed by atoms with Gasteiger partial charge in [-0.3, -0.25) is 9.59 Å². The monoisotopic (exact) mass is 377 g/mol. The van der Waals surface area contributed by atoms with Crippen molar-refractivity contribution in [3.05, 3.63) is 29.8 Å². The summed E-state index contributed by atoms with van der Waals surface area (Å²) < 4.78 is 15.6. The normalized spacial score (nSPS) is 13.1. The first-order valence-electron chi connectivity index (χ1n) is 9.25. The van der Waals surface area contributed by atoms with Crippen molar-refractivity contribution in [3.8, 4) is 11.5 Å². The maximum Gasteiger partial charge on any atom is 0.310 e. The summed E-state index contributed by atoms with van der Waals surface area (Å²) in [6, 6.07) is 5.52.